The molecule has 0 saturated carbocycles. The summed E-state index contributed by atoms with van der Waals surface area (Å²) in [4.78, 5) is -0.0953. The second-order valence-electron chi connectivity index (χ2n) is 7.22. The number of alkyl halides is 5. The lowest BCUT2D eigenvalue weighted by Crippen LogP contribution is -2.35. The number of hydrogen-bond acceptors (Lipinski definition) is 4. The Morgan fingerprint density at radius 3 is 2.06 bits per heavy atom. The van der Waals surface area contributed by atoms with Gasteiger partial charge in [-0.25, -0.2) is 17.5 Å². The van der Waals surface area contributed by atoms with Gasteiger partial charge < -0.3 is 4.74 Å². The Morgan fingerprint density at radius 1 is 1.00 bits per heavy atom. The van der Waals surface area contributed by atoms with Crippen molar-refractivity contribution in [3.05, 3.63) is 60.1 Å². The fraction of sp³-hybridized carbons (Fsp3) is 0.227. The predicted molar refractivity (Wildman–Crippen MR) is 114 cm³/mol. The Kier molecular flexibility index (Phi) is 6.57. The van der Waals surface area contributed by atoms with Crippen LogP contribution in [0.3, 0.4) is 0 Å². The lowest BCUT2D eigenvalue weighted by molar-refractivity contribution is -0.291. The number of benzene rings is 2. The van der Waals surface area contributed by atoms with Gasteiger partial charge in [0.2, 0.25) is 0 Å². The Balaban J connectivity index is 2.42. The van der Waals surface area contributed by atoms with Crippen molar-refractivity contribution in [3.63, 3.8) is 0 Å². The van der Waals surface area contributed by atoms with E-state index >= 15 is 0 Å². The molecule has 0 radical (unpaired) electrons. The van der Waals surface area contributed by atoms with E-state index in [4.69, 9.17) is 4.74 Å². The molecule has 0 spiro atoms. The van der Waals surface area contributed by atoms with Gasteiger partial charge in [-0.15, -0.1) is 0 Å². The first-order valence-corrected chi connectivity index (χ1v) is 11.5. The molecule has 0 fully saturated rings. The van der Waals surface area contributed by atoms with Crippen LogP contribution < -0.4 is 4.74 Å². The van der Waals surface area contributed by atoms with E-state index in [1.165, 1.54) is 44.4 Å². The minimum atomic E-state index is -5.98. The van der Waals surface area contributed by atoms with Crippen LogP contribution in [0.5, 0.6) is 5.75 Å². The van der Waals surface area contributed by atoms with Gasteiger partial charge in [-0.05, 0) is 36.8 Å². The lowest BCUT2D eigenvalue weighted by atomic mass is 9.96. The third-order valence-corrected chi connectivity index (χ3v) is 5.98. The highest BCUT2D eigenvalue weighted by Crippen LogP contribution is 2.50. The van der Waals surface area contributed by atoms with Crippen molar-refractivity contribution in [3.8, 4) is 28.1 Å². The van der Waals surface area contributed by atoms with E-state index in [2.05, 4.69) is 5.10 Å². The molecule has 2 aromatic carbocycles. The fourth-order valence-corrected chi connectivity index (χ4v) is 3.91. The lowest BCUT2D eigenvalue weighted by Gasteiger charge is -2.21. The molecule has 0 N–H and O–H groups in total. The van der Waals surface area contributed by atoms with Gasteiger partial charge in [0.15, 0.2) is 21.4 Å². The summed E-state index contributed by atoms with van der Waals surface area (Å²) in [7, 11) is -2.43. The van der Waals surface area contributed by atoms with Crippen LogP contribution in [0.1, 0.15) is 12.6 Å². The molecule has 34 heavy (non-hydrogen) atoms. The van der Waals surface area contributed by atoms with Crippen molar-refractivity contribution in [2.75, 3.05) is 13.4 Å². The van der Waals surface area contributed by atoms with Crippen molar-refractivity contribution in [1.82, 2.24) is 9.78 Å². The van der Waals surface area contributed by atoms with E-state index < -0.39 is 39.0 Å². The first-order valence-electron chi connectivity index (χ1n) is 9.57. The summed E-state index contributed by atoms with van der Waals surface area (Å²) in [5.74, 6) is -6.60. The average Bonchev–Trinajstić information content (AvgIpc) is 3.12. The fourth-order valence-electron chi connectivity index (χ4n) is 3.28. The molecule has 5 nitrogen and oxygen atoms in total. The molecule has 12 heteroatoms. The largest absolute Gasteiger partial charge is 0.494 e. The number of allylic oxidation sites excluding steroid dienone is 1. The van der Waals surface area contributed by atoms with Gasteiger partial charge in [0.25, 0.3) is 0 Å². The smallest absolute Gasteiger partial charge is 0.459 e. The number of aromatic nitrogens is 2. The van der Waals surface area contributed by atoms with E-state index in [9.17, 15) is 34.8 Å². The number of nitrogens with zero attached hydrogens (tertiary/aromatic N) is 2. The first-order chi connectivity index (χ1) is 15.7. The van der Waals surface area contributed by atoms with Gasteiger partial charge in [0.05, 0.1) is 12.0 Å². The number of sulfone groups is 1. The van der Waals surface area contributed by atoms with Gasteiger partial charge >= 0.3 is 12.1 Å². The molecular weight excluding hydrogens is 486 g/mol. The minimum absolute atomic E-state index is 0.0427. The Labute approximate surface area is 191 Å². The van der Waals surface area contributed by atoms with Crippen LogP contribution in [-0.4, -0.2) is 37.7 Å². The number of halogens is 6. The molecule has 3 aromatic rings. The zero-order valence-electron chi connectivity index (χ0n) is 18.0. The topological polar surface area (TPSA) is 61.2 Å². The molecule has 0 saturated heterocycles. The van der Waals surface area contributed by atoms with E-state index in [0.717, 1.165) is 30.7 Å². The highest BCUT2D eigenvalue weighted by molar-refractivity contribution is 7.90. The molecular formula is C22H18F6N2O3S. The highest BCUT2D eigenvalue weighted by Gasteiger charge is 2.62. The summed E-state index contributed by atoms with van der Waals surface area (Å²) in [6.07, 6.45) is -2.91. The minimum Gasteiger partial charge on any atom is -0.494 e. The SMILES string of the molecule is CC=Cn1nc(-c2ccc(S(C)(=O)=O)cc2)c(-c2ccc(OC)c(F)c2)c1C(F)(F)C(F)(F)F. The maximum absolute atomic E-state index is 14.8. The Hall–Kier alpha value is -3.28. The van der Waals surface area contributed by atoms with Crippen molar-refractivity contribution in [1.29, 1.82) is 0 Å². The number of rotatable bonds is 6. The van der Waals surface area contributed by atoms with Crippen LogP contribution in [0.2, 0.25) is 0 Å². The average molecular weight is 504 g/mol. The first kappa shape index (κ1) is 25.3. The zero-order chi connectivity index (χ0) is 25.5. The van der Waals surface area contributed by atoms with Crippen molar-refractivity contribution in [2.45, 2.75) is 23.9 Å². The van der Waals surface area contributed by atoms with Gasteiger partial charge in [-0.3, -0.25) is 0 Å². The molecule has 0 aliphatic rings. The van der Waals surface area contributed by atoms with E-state index in [-0.39, 0.29) is 27.5 Å². The number of hydrogen-bond donors (Lipinski definition) is 0. The molecule has 0 aliphatic carbocycles. The third-order valence-electron chi connectivity index (χ3n) is 4.85. The summed E-state index contributed by atoms with van der Waals surface area (Å²) in [6, 6.07) is 7.75. The molecule has 3 rings (SSSR count). The molecule has 1 heterocycles. The van der Waals surface area contributed by atoms with Crippen LogP contribution in [0.4, 0.5) is 26.3 Å². The van der Waals surface area contributed by atoms with Crippen LogP contribution >= 0.6 is 0 Å². The Morgan fingerprint density at radius 2 is 1.59 bits per heavy atom. The molecule has 0 aliphatic heterocycles. The summed E-state index contributed by atoms with van der Waals surface area (Å²) < 4.78 is 113. The summed E-state index contributed by atoms with van der Waals surface area (Å²) in [5, 5.41) is 3.94. The zero-order valence-corrected chi connectivity index (χ0v) is 18.8. The summed E-state index contributed by atoms with van der Waals surface area (Å²) in [5.41, 5.74) is -2.79. The van der Waals surface area contributed by atoms with Crippen LogP contribution in [0.15, 0.2) is 53.4 Å². The molecule has 182 valence electrons. The molecule has 0 amide bonds. The normalized spacial score (nSPS) is 13.0. The van der Waals surface area contributed by atoms with E-state index in [1.807, 2.05) is 0 Å². The van der Waals surface area contributed by atoms with Crippen LogP contribution in [0, 0.1) is 5.82 Å². The molecule has 0 unspecified atom stereocenters. The second-order valence-corrected chi connectivity index (χ2v) is 9.23. The number of ether oxygens (including phenoxy) is 1. The second kappa shape index (κ2) is 8.82. The van der Waals surface area contributed by atoms with Crippen molar-refractivity contribution >= 4 is 16.0 Å². The van der Waals surface area contributed by atoms with E-state index in [0.29, 0.717) is 4.68 Å². The van der Waals surface area contributed by atoms with Gasteiger partial charge in [0.1, 0.15) is 11.4 Å². The Bertz CT molecular complexity index is 1340. The standard InChI is InChI=1S/C22H18F6N2O3S/c1-4-11-30-20(21(24,25)22(26,27)28)18(14-7-10-17(33-2)16(23)12-14)19(29-30)13-5-8-15(9-6-13)34(3,31)32/h4-12H,1-3H3. The molecule has 0 bridgehead atoms. The van der Waals surface area contributed by atoms with Gasteiger partial charge in [0, 0.05) is 23.6 Å². The van der Waals surface area contributed by atoms with Gasteiger partial charge in [-0.1, -0.05) is 24.3 Å². The van der Waals surface area contributed by atoms with Crippen molar-refractivity contribution < 1.29 is 39.5 Å². The maximum Gasteiger partial charge on any atom is 0.459 e. The van der Waals surface area contributed by atoms with Gasteiger partial charge in [-0.2, -0.15) is 27.1 Å². The summed E-state index contributed by atoms with van der Waals surface area (Å²) in [6.45, 7) is 1.39. The molecule has 0 atom stereocenters. The van der Waals surface area contributed by atoms with Crippen molar-refractivity contribution in [2.24, 2.45) is 0 Å². The predicted octanol–water partition coefficient (Wildman–Crippen LogP) is 5.91. The van der Waals surface area contributed by atoms with E-state index in [1.54, 1.807) is 0 Å². The third kappa shape index (κ3) is 4.54. The van der Waals surface area contributed by atoms with Crippen LogP contribution in [0.25, 0.3) is 28.6 Å². The maximum atomic E-state index is 14.8. The quantitative estimate of drug-likeness (QED) is 0.392. The molecule has 1 aromatic heterocycles. The highest BCUT2D eigenvalue weighted by atomic mass is 32.2. The van der Waals surface area contributed by atoms with Crippen LogP contribution in [-0.2, 0) is 15.8 Å². The monoisotopic (exact) mass is 504 g/mol. The number of methoxy groups -OCH3 is 1. The summed E-state index contributed by atoms with van der Waals surface area (Å²) >= 11 is 0.